The van der Waals surface area contributed by atoms with Crippen LogP contribution in [0.2, 0.25) is 0 Å². The second-order valence-corrected chi connectivity index (χ2v) is 7.07. The average Bonchev–Trinajstić information content (AvgIpc) is 2.93. The van der Waals surface area contributed by atoms with Gasteiger partial charge in [0.2, 0.25) is 0 Å². The molecule has 3 aromatic rings. The number of benzene rings is 2. The van der Waals surface area contributed by atoms with E-state index in [0.29, 0.717) is 11.0 Å². The van der Waals surface area contributed by atoms with Crippen molar-refractivity contribution >= 4 is 37.0 Å². The van der Waals surface area contributed by atoms with E-state index in [1.165, 1.54) is 0 Å². The molecule has 0 atom stereocenters. The van der Waals surface area contributed by atoms with Crippen LogP contribution in [0.4, 0.5) is 0 Å². The molecule has 0 spiro atoms. The summed E-state index contributed by atoms with van der Waals surface area (Å²) in [6, 6.07) is 13.8. The number of aromatic nitrogens is 3. The van der Waals surface area contributed by atoms with Gasteiger partial charge < -0.3 is 0 Å². The van der Waals surface area contributed by atoms with E-state index in [2.05, 4.69) is 26.2 Å². The lowest BCUT2D eigenvalue weighted by Crippen LogP contribution is -2.14. The fraction of sp³-hybridized carbons (Fsp3) is 0.143. The Balaban J connectivity index is 2.07. The quantitative estimate of drug-likeness (QED) is 0.666. The molecule has 0 aliphatic rings. The fourth-order valence-corrected chi connectivity index (χ4v) is 3.75. The SMILES string of the molecule is O=S(=O)(c1ccc(CCBr)cc1)n1nnc2ccccc21. The molecule has 0 N–H and O–H groups in total. The lowest BCUT2D eigenvalue weighted by molar-refractivity contribution is 0.579. The van der Waals surface area contributed by atoms with Crippen LogP contribution < -0.4 is 0 Å². The Morgan fingerprint density at radius 3 is 2.48 bits per heavy atom. The number of para-hydroxylation sites is 1. The normalized spacial score (nSPS) is 11.9. The van der Waals surface area contributed by atoms with Crippen molar-refractivity contribution in [2.75, 3.05) is 5.33 Å². The van der Waals surface area contributed by atoms with Gasteiger partial charge in [-0.3, -0.25) is 0 Å². The summed E-state index contributed by atoms with van der Waals surface area (Å²) < 4.78 is 26.2. The zero-order valence-electron chi connectivity index (χ0n) is 11.0. The average molecular weight is 366 g/mol. The Morgan fingerprint density at radius 2 is 1.76 bits per heavy atom. The van der Waals surface area contributed by atoms with Crippen LogP contribution >= 0.6 is 15.9 Å². The summed E-state index contributed by atoms with van der Waals surface area (Å²) >= 11 is 3.36. The highest BCUT2D eigenvalue weighted by Crippen LogP contribution is 2.19. The van der Waals surface area contributed by atoms with E-state index >= 15 is 0 Å². The van der Waals surface area contributed by atoms with Crippen molar-refractivity contribution in [2.24, 2.45) is 0 Å². The van der Waals surface area contributed by atoms with Gasteiger partial charge in [-0.2, -0.15) is 8.42 Å². The highest BCUT2D eigenvalue weighted by Gasteiger charge is 2.20. The van der Waals surface area contributed by atoms with Crippen LogP contribution in [0, 0.1) is 0 Å². The first-order chi connectivity index (χ1) is 10.1. The van der Waals surface area contributed by atoms with Gasteiger partial charge in [0.1, 0.15) is 11.0 Å². The fourth-order valence-electron chi connectivity index (χ4n) is 2.06. The molecule has 3 rings (SSSR count). The van der Waals surface area contributed by atoms with Crippen molar-refractivity contribution in [3.8, 4) is 0 Å². The standard InChI is InChI=1S/C14H12BrN3O2S/c15-10-9-11-5-7-12(8-6-11)21(19,20)18-14-4-2-1-3-13(14)16-17-18/h1-8H,9-10H2. The smallest absolute Gasteiger partial charge is 0.199 e. The van der Waals surface area contributed by atoms with E-state index in [4.69, 9.17) is 0 Å². The number of rotatable bonds is 4. The van der Waals surface area contributed by atoms with Gasteiger partial charge in [-0.15, -0.1) is 9.19 Å². The maximum atomic E-state index is 12.6. The maximum Gasteiger partial charge on any atom is 0.284 e. The zero-order chi connectivity index (χ0) is 14.9. The molecule has 108 valence electrons. The number of hydrogen-bond donors (Lipinski definition) is 0. The molecule has 0 unspecified atom stereocenters. The number of nitrogens with zero attached hydrogens (tertiary/aromatic N) is 3. The number of alkyl halides is 1. The third-order valence-electron chi connectivity index (χ3n) is 3.15. The molecule has 1 aromatic heterocycles. The zero-order valence-corrected chi connectivity index (χ0v) is 13.4. The summed E-state index contributed by atoms with van der Waals surface area (Å²) in [5.41, 5.74) is 2.10. The van der Waals surface area contributed by atoms with Crippen LogP contribution in [0.15, 0.2) is 53.4 Å². The highest BCUT2D eigenvalue weighted by molar-refractivity contribution is 9.09. The van der Waals surface area contributed by atoms with Gasteiger partial charge in [0.15, 0.2) is 0 Å². The minimum absolute atomic E-state index is 0.205. The molecule has 5 nitrogen and oxygen atoms in total. The molecular weight excluding hydrogens is 354 g/mol. The van der Waals surface area contributed by atoms with Crippen molar-refractivity contribution < 1.29 is 8.42 Å². The topological polar surface area (TPSA) is 64.8 Å². The molecule has 0 fully saturated rings. The van der Waals surface area contributed by atoms with Gasteiger partial charge in [-0.1, -0.05) is 45.4 Å². The van der Waals surface area contributed by atoms with Crippen molar-refractivity contribution in [1.82, 2.24) is 14.4 Å². The van der Waals surface area contributed by atoms with E-state index in [-0.39, 0.29) is 4.90 Å². The van der Waals surface area contributed by atoms with E-state index in [9.17, 15) is 8.42 Å². The first-order valence-electron chi connectivity index (χ1n) is 6.34. The van der Waals surface area contributed by atoms with Crippen molar-refractivity contribution in [3.05, 3.63) is 54.1 Å². The summed E-state index contributed by atoms with van der Waals surface area (Å²) in [6.07, 6.45) is 0.854. The minimum atomic E-state index is -3.72. The van der Waals surface area contributed by atoms with Gasteiger partial charge in [-0.05, 0) is 36.2 Å². The second-order valence-electron chi connectivity index (χ2n) is 4.51. The lowest BCUT2D eigenvalue weighted by Gasteiger charge is -2.05. The Bertz CT molecular complexity index is 873. The predicted molar refractivity (Wildman–Crippen MR) is 84.1 cm³/mol. The van der Waals surface area contributed by atoms with Crippen LogP contribution in [0.3, 0.4) is 0 Å². The van der Waals surface area contributed by atoms with Crippen LogP contribution in [-0.4, -0.2) is 28.1 Å². The van der Waals surface area contributed by atoms with E-state index in [0.717, 1.165) is 21.4 Å². The summed E-state index contributed by atoms with van der Waals surface area (Å²) in [5, 5.41) is 8.50. The number of fused-ring (bicyclic) bond motifs is 1. The van der Waals surface area contributed by atoms with Crippen LogP contribution in [0.5, 0.6) is 0 Å². The van der Waals surface area contributed by atoms with Gasteiger partial charge in [0, 0.05) is 5.33 Å². The third-order valence-corrected chi connectivity index (χ3v) is 5.14. The Kier molecular flexibility index (Phi) is 3.77. The second kappa shape index (κ2) is 5.57. The molecule has 1 heterocycles. The molecule has 0 saturated carbocycles. The number of aryl methyl sites for hydroxylation is 1. The molecule has 21 heavy (non-hydrogen) atoms. The van der Waals surface area contributed by atoms with Gasteiger partial charge in [-0.25, -0.2) is 0 Å². The lowest BCUT2D eigenvalue weighted by atomic mass is 10.2. The minimum Gasteiger partial charge on any atom is -0.199 e. The van der Waals surface area contributed by atoms with Crippen molar-refractivity contribution in [2.45, 2.75) is 11.3 Å². The van der Waals surface area contributed by atoms with Gasteiger partial charge >= 0.3 is 0 Å². The molecule has 0 aliphatic carbocycles. The molecule has 2 aromatic carbocycles. The van der Waals surface area contributed by atoms with E-state index < -0.39 is 10.0 Å². The van der Waals surface area contributed by atoms with Crippen LogP contribution in [-0.2, 0) is 16.4 Å². The molecule has 0 bridgehead atoms. The Hall–Kier alpha value is -1.73. The summed E-state index contributed by atoms with van der Waals surface area (Å²) in [5.74, 6) is 0. The summed E-state index contributed by atoms with van der Waals surface area (Å²) in [6.45, 7) is 0. The van der Waals surface area contributed by atoms with Crippen molar-refractivity contribution in [3.63, 3.8) is 0 Å². The van der Waals surface area contributed by atoms with Crippen LogP contribution in [0.25, 0.3) is 11.0 Å². The number of hydrogen-bond acceptors (Lipinski definition) is 4. The first-order valence-corrected chi connectivity index (χ1v) is 8.90. The maximum absolute atomic E-state index is 12.6. The van der Waals surface area contributed by atoms with Gasteiger partial charge in [0.25, 0.3) is 10.0 Å². The summed E-state index contributed by atoms with van der Waals surface area (Å²) in [7, 11) is -3.72. The van der Waals surface area contributed by atoms with Gasteiger partial charge in [0.05, 0.1) is 4.90 Å². The third kappa shape index (κ3) is 2.58. The molecular formula is C14H12BrN3O2S. The molecule has 0 radical (unpaired) electrons. The van der Waals surface area contributed by atoms with E-state index in [1.807, 2.05) is 12.1 Å². The predicted octanol–water partition coefficient (Wildman–Crippen LogP) is 2.61. The number of halogens is 1. The van der Waals surface area contributed by atoms with E-state index in [1.54, 1.807) is 36.4 Å². The molecule has 0 saturated heterocycles. The first kappa shape index (κ1) is 14.2. The summed E-state index contributed by atoms with van der Waals surface area (Å²) in [4.78, 5) is 0.205. The van der Waals surface area contributed by atoms with Crippen LogP contribution in [0.1, 0.15) is 5.56 Å². The largest absolute Gasteiger partial charge is 0.284 e. The monoisotopic (exact) mass is 365 g/mol. The molecule has 7 heteroatoms. The molecule has 0 amide bonds. The Morgan fingerprint density at radius 1 is 1.05 bits per heavy atom. The van der Waals surface area contributed by atoms with Crippen molar-refractivity contribution in [1.29, 1.82) is 0 Å². The molecule has 0 aliphatic heterocycles. The Labute approximate surface area is 130 Å². The highest BCUT2D eigenvalue weighted by atomic mass is 79.9.